The number of nitrogens with one attached hydrogen (secondary N) is 1. The zero-order valence-corrected chi connectivity index (χ0v) is 10.7. The lowest BCUT2D eigenvalue weighted by atomic mass is 10.1. The summed E-state index contributed by atoms with van der Waals surface area (Å²) in [5.74, 6) is -0.0520. The molecule has 1 N–H and O–H groups in total. The van der Waals surface area contributed by atoms with E-state index >= 15 is 0 Å². The van der Waals surface area contributed by atoms with Gasteiger partial charge in [0.25, 0.3) is 0 Å². The van der Waals surface area contributed by atoms with Crippen molar-refractivity contribution in [3.63, 3.8) is 0 Å². The predicted octanol–water partition coefficient (Wildman–Crippen LogP) is 2.10. The van der Waals surface area contributed by atoms with E-state index in [2.05, 4.69) is 5.32 Å². The van der Waals surface area contributed by atoms with Gasteiger partial charge in [-0.05, 0) is 25.1 Å². The molecule has 4 nitrogen and oxygen atoms in total. The van der Waals surface area contributed by atoms with Gasteiger partial charge in [-0.15, -0.1) is 0 Å². The number of amides is 1. The molecule has 0 saturated heterocycles. The van der Waals surface area contributed by atoms with Crippen molar-refractivity contribution in [1.29, 1.82) is 5.26 Å². The first kappa shape index (κ1) is 13.3. The van der Waals surface area contributed by atoms with E-state index in [1.165, 1.54) is 4.90 Å². The number of halogens is 1. The minimum absolute atomic E-state index is 0.0520. The number of carbonyl (C=O) groups excluding carboxylic acids is 1. The summed E-state index contributed by atoms with van der Waals surface area (Å²) in [6.45, 7) is 1.75. The largest absolute Gasteiger partial charge is 0.373 e. The summed E-state index contributed by atoms with van der Waals surface area (Å²) >= 11 is 5.79. The van der Waals surface area contributed by atoms with E-state index in [-0.39, 0.29) is 5.91 Å². The van der Waals surface area contributed by atoms with Crippen molar-refractivity contribution in [3.05, 3.63) is 28.8 Å². The average Bonchev–Trinajstić information content (AvgIpc) is 2.30. The second-order valence-electron chi connectivity index (χ2n) is 3.90. The summed E-state index contributed by atoms with van der Waals surface area (Å²) in [5, 5.41) is 12.5. The summed E-state index contributed by atoms with van der Waals surface area (Å²) in [5.41, 5.74) is 1.04. The van der Waals surface area contributed by atoms with E-state index in [4.69, 9.17) is 16.9 Å². The second kappa shape index (κ2) is 5.55. The molecule has 17 heavy (non-hydrogen) atoms. The first-order valence-corrected chi connectivity index (χ1v) is 5.51. The quantitative estimate of drug-likeness (QED) is 0.895. The first-order chi connectivity index (χ1) is 7.95. The molecule has 0 spiro atoms. The number of hydrogen-bond donors (Lipinski definition) is 1. The van der Waals surface area contributed by atoms with Crippen LogP contribution < -0.4 is 5.32 Å². The number of carbonyl (C=O) groups is 1. The molecule has 0 heterocycles. The summed E-state index contributed by atoms with van der Waals surface area (Å²) < 4.78 is 0. The molecule has 0 fully saturated rings. The van der Waals surface area contributed by atoms with E-state index in [1.807, 2.05) is 6.07 Å². The summed E-state index contributed by atoms with van der Waals surface area (Å²) in [4.78, 5) is 13.2. The van der Waals surface area contributed by atoms with Crippen LogP contribution in [0.1, 0.15) is 12.5 Å². The highest BCUT2D eigenvalue weighted by Crippen LogP contribution is 2.20. The van der Waals surface area contributed by atoms with Gasteiger partial charge < -0.3 is 10.2 Å². The molecule has 0 aromatic heterocycles. The fourth-order valence-electron chi connectivity index (χ4n) is 1.42. The van der Waals surface area contributed by atoms with E-state index in [1.54, 1.807) is 39.2 Å². The lowest BCUT2D eigenvalue weighted by Crippen LogP contribution is -2.36. The minimum Gasteiger partial charge on any atom is -0.373 e. The molecule has 0 saturated carbocycles. The van der Waals surface area contributed by atoms with Crippen LogP contribution in [0.4, 0.5) is 5.69 Å². The molecule has 0 aliphatic rings. The fourth-order valence-corrected chi connectivity index (χ4v) is 1.59. The molecule has 0 bridgehead atoms. The molecule has 90 valence electrons. The molecular formula is C12H14ClN3O. The number of benzene rings is 1. The van der Waals surface area contributed by atoms with Gasteiger partial charge in [-0.25, -0.2) is 0 Å². The van der Waals surface area contributed by atoms with E-state index in [9.17, 15) is 4.79 Å². The molecular weight excluding hydrogens is 238 g/mol. The lowest BCUT2D eigenvalue weighted by molar-refractivity contribution is -0.129. The second-order valence-corrected chi connectivity index (χ2v) is 4.34. The monoisotopic (exact) mass is 251 g/mol. The highest BCUT2D eigenvalue weighted by atomic mass is 35.5. The van der Waals surface area contributed by atoms with E-state index < -0.39 is 6.04 Å². The Balaban J connectivity index is 2.89. The number of anilines is 1. The van der Waals surface area contributed by atoms with Gasteiger partial charge in [0.1, 0.15) is 12.1 Å². The Morgan fingerprint density at radius 2 is 2.18 bits per heavy atom. The molecule has 5 heteroatoms. The van der Waals surface area contributed by atoms with E-state index in [0.29, 0.717) is 16.3 Å². The van der Waals surface area contributed by atoms with Crippen molar-refractivity contribution in [2.75, 3.05) is 19.4 Å². The Labute approximate surface area is 106 Å². The molecule has 1 aromatic rings. The Hall–Kier alpha value is -1.73. The Bertz CT molecular complexity index is 465. The summed E-state index contributed by atoms with van der Waals surface area (Å²) in [7, 11) is 3.38. The number of nitrogens with zero attached hydrogens (tertiary/aromatic N) is 2. The van der Waals surface area contributed by atoms with Crippen molar-refractivity contribution in [3.8, 4) is 6.07 Å². The number of likely N-dealkylation sites (N-methyl/N-ethyl adjacent to an activating group) is 1. The van der Waals surface area contributed by atoms with Crippen molar-refractivity contribution in [1.82, 2.24) is 4.90 Å². The minimum atomic E-state index is -0.390. The maximum Gasteiger partial charge on any atom is 0.244 e. The molecule has 1 amide bonds. The van der Waals surface area contributed by atoms with Crippen molar-refractivity contribution < 1.29 is 4.79 Å². The molecule has 1 rings (SSSR count). The highest BCUT2D eigenvalue weighted by Gasteiger charge is 2.15. The van der Waals surface area contributed by atoms with Gasteiger partial charge in [-0.3, -0.25) is 4.79 Å². The summed E-state index contributed by atoms with van der Waals surface area (Å²) in [6.07, 6.45) is 0. The van der Waals surface area contributed by atoms with Crippen LogP contribution in [0.15, 0.2) is 18.2 Å². The maximum atomic E-state index is 11.7. The fraction of sp³-hybridized carbons (Fsp3) is 0.333. The van der Waals surface area contributed by atoms with Gasteiger partial charge in [0, 0.05) is 19.1 Å². The third-order valence-corrected chi connectivity index (χ3v) is 2.52. The third kappa shape index (κ3) is 3.36. The average molecular weight is 252 g/mol. The predicted molar refractivity (Wildman–Crippen MR) is 67.9 cm³/mol. The summed E-state index contributed by atoms with van der Waals surface area (Å²) in [6, 6.07) is 6.59. The van der Waals surface area contributed by atoms with Crippen LogP contribution in [0.25, 0.3) is 0 Å². The van der Waals surface area contributed by atoms with Gasteiger partial charge in [-0.2, -0.15) is 5.26 Å². The van der Waals surface area contributed by atoms with Gasteiger partial charge in [0.05, 0.1) is 11.3 Å². The standard InChI is InChI=1S/C12H14ClN3O/c1-8(12(17)16(2)3)15-11-5-4-10(13)6-9(11)7-14/h4-6,8,15H,1-3H3. The molecule has 1 unspecified atom stereocenters. The normalized spacial score (nSPS) is 11.5. The van der Waals surface area contributed by atoms with Crippen LogP contribution in [-0.4, -0.2) is 30.9 Å². The molecule has 1 atom stereocenters. The van der Waals surface area contributed by atoms with Gasteiger partial charge >= 0.3 is 0 Å². The van der Waals surface area contributed by atoms with E-state index in [0.717, 1.165) is 0 Å². The van der Waals surface area contributed by atoms with Gasteiger partial charge in [0.2, 0.25) is 5.91 Å². The van der Waals surface area contributed by atoms with Crippen molar-refractivity contribution in [2.45, 2.75) is 13.0 Å². The molecule has 1 aromatic carbocycles. The number of hydrogen-bond acceptors (Lipinski definition) is 3. The SMILES string of the molecule is CC(Nc1ccc(Cl)cc1C#N)C(=O)N(C)C. The van der Waals surface area contributed by atoms with Crippen LogP contribution in [-0.2, 0) is 4.79 Å². The van der Waals surface area contributed by atoms with Crippen molar-refractivity contribution >= 4 is 23.2 Å². The Morgan fingerprint density at radius 1 is 1.53 bits per heavy atom. The molecule has 0 radical (unpaired) electrons. The maximum absolute atomic E-state index is 11.7. The van der Waals surface area contributed by atoms with Gasteiger partial charge in [0.15, 0.2) is 0 Å². The zero-order chi connectivity index (χ0) is 13.0. The zero-order valence-electron chi connectivity index (χ0n) is 9.99. The van der Waals surface area contributed by atoms with Crippen molar-refractivity contribution in [2.24, 2.45) is 0 Å². The number of nitriles is 1. The van der Waals surface area contributed by atoms with Gasteiger partial charge in [-0.1, -0.05) is 11.6 Å². The lowest BCUT2D eigenvalue weighted by Gasteiger charge is -2.19. The smallest absolute Gasteiger partial charge is 0.244 e. The van der Waals surface area contributed by atoms with Crippen LogP contribution >= 0.6 is 11.6 Å². The van der Waals surface area contributed by atoms with Crippen LogP contribution in [0.3, 0.4) is 0 Å². The molecule has 0 aliphatic heterocycles. The Kier molecular flexibility index (Phi) is 4.36. The van der Waals surface area contributed by atoms with Crippen LogP contribution in [0.5, 0.6) is 0 Å². The third-order valence-electron chi connectivity index (χ3n) is 2.29. The van der Waals surface area contributed by atoms with Crippen LogP contribution in [0, 0.1) is 11.3 Å². The number of rotatable bonds is 3. The first-order valence-electron chi connectivity index (χ1n) is 5.13. The molecule has 0 aliphatic carbocycles. The van der Waals surface area contributed by atoms with Crippen LogP contribution in [0.2, 0.25) is 5.02 Å². The Morgan fingerprint density at radius 3 is 2.71 bits per heavy atom. The topological polar surface area (TPSA) is 56.1 Å². The highest BCUT2D eigenvalue weighted by molar-refractivity contribution is 6.30.